The molecule has 0 spiro atoms. The molecule has 6 heteroatoms. The number of thiazole rings is 1. The Labute approximate surface area is 197 Å². The number of rotatable bonds is 6. The zero-order valence-electron chi connectivity index (χ0n) is 18.6. The van der Waals surface area contributed by atoms with Gasteiger partial charge < -0.3 is 14.4 Å². The van der Waals surface area contributed by atoms with E-state index < -0.39 is 0 Å². The Hall–Kier alpha value is -3.38. The molecule has 3 aromatic carbocycles. The van der Waals surface area contributed by atoms with Gasteiger partial charge in [0, 0.05) is 32.0 Å². The molecular weight excluding hydrogens is 432 g/mol. The Morgan fingerprint density at radius 3 is 2.45 bits per heavy atom. The van der Waals surface area contributed by atoms with Crippen LogP contribution in [0.15, 0.2) is 72.8 Å². The number of methoxy groups -OCH3 is 1. The first-order valence-electron chi connectivity index (χ1n) is 11.2. The van der Waals surface area contributed by atoms with Crippen LogP contribution in [0.3, 0.4) is 0 Å². The quantitative estimate of drug-likeness (QED) is 0.378. The SMILES string of the molecule is COc1ccc2sc(OC3CCN(C(=O)Cc4ccc(-c5ccccc5)cc4)CC3)nc2c1. The van der Waals surface area contributed by atoms with Gasteiger partial charge in [0.05, 0.1) is 23.7 Å². The minimum absolute atomic E-state index is 0.0849. The smallest absolute Gasteiger partial charge is 0.274 e. The van der Waals surface area contributed by atoms with E-state index in [9.17, 15) is 4.79 Å². The molecule has 0 unspecified atom stereocenters. The van der Waals surface area contributed by atoms with E-state index in [1.54, 1.807) is 18.4 Å². The number of carbonyl (C=O) groups is 1. The van der Waals surface area contributed by atoms with E-state index in [4.69, 9.17) is 9.47 Å². The number of hydrogen-bond acceptors (Lipinski definition) is 5. The number of aromatic nitrogens is 1. The lowest BCUT2D eigenvalue weighted by Crippen LogP contribution is -2.42. The fourth-order valence-corrected chi connectivity index (χ4v) is 5.02. The third kappa shape index (κ3) is 5.01. The molecule has 1 fully saturated rings. The zero-order valence-corrected chi connectivity index (χ0v) is 19.4. The van der Waals surface area contributed by atoms with E-state index in [1.165, 1.54) is 5.56 Å². The van der Waals surface area contributed by atoms with Gasteiger partial charge in [-0.25, -0.2) is 4.98 Å². The summed E-state index contributed by atoms with van der Waals surface area (Å²) in [6.07, 6.45) is 2.15. The van der Waals surface area contributed by atoms with Crippen LogP contribution in [0.5, 0.6) is 10.9 Å². The van der Waals surface area contributed by atoms with Gasteiger partial charge in [0.15, 0.2) is 0 Å². The van der Waals surface area contributed by atoms with Gasteiger partial charge in [-0.2, -0.15) is 0 Å². The van der Waals surface area contributed by atoms with Crippen molar-refractivity contribution in [1.29, 1.82) is 0 Å². The number of nitrogens with zero attached hydrogens (tertiary/aromatic N) is 2. The standard InChI is InChI=1S/C27H26N2O3S/c1-31-23-11-12-25-24(18-23)28-27(33-25)32-22-13-15-29(16-14-22)26(30)17-19-7-9-21(10-8-19)20-5-3-2-4-6-20/h2-12,18,22H,13-17H2,1H3. The Morgan fingerprint density at radius 1 is 1.00 bits per heavy atom. The average molecular weight is 459 g/mol. The molecule has 0 radical (unpaired) electrons. The van der Waals surface area contributed by atoms with Crippen molar-refractivity contribution in [2.45, 2.75) is 25.4 Å². The van der Waals surface area contributed by atoms with Crippen molar-refractivity contribution in [3.05, 3.63) is 78.4 Å². The first-order chi connectivity index (χ1) is 16.2. The van der Waals surface area contributed by atoms with Crippen LogP contribution in [-0.2, 0) is 11.2 Å². The summed E-state index contributed by atoms with van der Waals surface area (Å²) in [6, 6.07) is 24.4. The monoisotopic (exact) mass is 458 g/mol. The van der Waals surface area contributed by atoms with Crippen molar-refractivity contribution in [1.82, 2.24) is 9.88 Å². The Kier molecular flexibility index (Phi) is 6.26. The Bertz CT molecular complexity index is 1230. The summed E-state index contributed by atoms with van der Waals surface area (Å²) in [6.45, 7) is 1.43. The number of hydrogen-bond donors (Lipinski definition) is 0. The highest BCUT2D eigenvalue weighted by Crippen LogP contribution is 2.32. The molecule has 4 aromatic rings. The first kappa shape index (κ1) is 21.5. The minimum atomic E-state index is 0.0849. The van der Waals surface area contributed by atoms with Crippen molar-refractivity contribution in [2.75, 3.05) is 20.2 Å². The Morgan fingerprint density at radius 2 is 1.73 bits per heavy atom. The molecule has 5 rings (SSSR count). The van der Waals surface area contributed by atoms with E-state index in [0.717, 1.165) is 39.9 Å². The van der Waals surface area contributed by atoms with E-state index in [2.05, 4.69) is 41.4 Å². The lowest BCUT2D eigenvalue weighted by molar-refractivity contribution is -0.132. The van der Waals surface area contributed by atoms with Crippen LogP contribution in [-0.4, -0.2) is 42.1 Å². The summed E-state index contributed by atoms with van der Waals surface area (Å²) in [7, 11) is 1.65. The molecular formula is C27H26N2O3S. The van der Waals surface area contributed by atoms with Crippen LogP contribution < -0.4 is 9.47 Å². The van der Waals surface area contributed by atoms with Gasteiger partial charge in [0.1, 0.15) is 11.9 Å². The largest absolute Gasteiger partial charge is 0.497 e. The van der Waals surface area contributed by atoms with Crippen LogP contribution >= 0.6 is 11.3 Å². The summed E-state index contributed by atoms with van der Waals surface area (Å²) in [5.74, 6) is 0.967. The highest BCUT2D eigenvalue weighted by atomic mass is 32.1. The molecule has 5 nitrogen and oxygen atoms in total. The fraction of sp³-hybridized carbons (Fsp3) is 0.259. The second kappa shape index (κ2) is 9.63. The second-order valence-electron chi connectivity index (χ2n) is 8.25. The predicted octanol–water partition coefficient (Wildman–Crippen LogP) is 5.58. The average Bonchev–Trinajstić information content (AvgIpc) is 3.27. The van der Waals surface area contributed by atoms with E-state index >= 15 is 0 Å². The van der Waals surface area contributed by atoms with Crippen molar-refractivity contribution >= 4 is 27.5 Å². The molecule has 1 saturated heterocycles. The van der Waals surface area contributed by atoms with E-state index in [0.29, 0.717) is 24.7 Å². The van der Waals surface area contributed by atoms with Crippen LogP contribution in [0.4, 0.5) is 0 Å². The van der Waals surface area contributed by atoms with Gasteiger partial charge in [-0.15, -0.1) is 0 Å². The predicted molar refractivity (Wildman–Crippen MR) is 132 cm³/mol. The molecule has 0 N–H and O–H groups in total. The molecule has 1 aromatic heterocycles. The summed E-state index contributed by atoms with van der Waals surface area (Å²) < 4.78 is 12.5. The number of ether oxygens (including phenoxy) is 2. The van der Waals surface area contributed by atoms with Crippen LogP contribution in [0.25, 0.3) is 21.3 Å². The molecule has 168 valence electrons. The van der Waals surface area contributed by atoms with Crippen molar-refractivity contribution < 1.29 is 14.3 Å². The number of carbonyl (C=O) groups excluding carboxylic acids is 1. The molecule has 0 aliphatic carbocycles. The second-order valence-corrected chi connectivity index (χ2v) is 9.24. The topological polar surface area (TPSA) is 51.7 Å². The van der Waals surface area contributed by atoms with Gasteiger partial charge in [-0.05, 0) is 28.8 Å². The molecule has 0 atom stereocenters. The Balaban J connectivity index is 1.14. The van der Waals surface area contributed by atoms with Gasteiger partial charge in [-0.1, -0.05) is 65.9 Å². The van der Waals surface area contributed by atoms with E-state index in [1.807, 2.05) is 41.3 Å². The molecule has 1 aliphatic rings. The van der Waals surface area contributed by atoms with Crippen LogP contribution in [0.1, 0.15) is 18.4 Å². The molecule has 1 aliphatic heterocycles. The zero-order chi connectivity index (χ0) is 22.6. The van der Waals surface area contributed by atoms with Crippen molar-refractivity contribution in [2.24, 2.45) is 0 Å². The summed E-state index contributed by atoms with van der Waals surface area (Å²) in [5.41, 5.74) is 4.28. The van der Waals surface area contributed by atoms with Gasteiger partial charge >= 0.3 is 0 Å². The number of amides is 1. The minimum Gasteiger partial charge on any atom is -0.497 e. The molecule has 1 amide bonds. The number of benzene rings is 3. The van der Waals surface area contributed by atoms with Crippen LogP contribution in [0.2, 0.25) is 0 Å². The maximum atomic E-state index is 12.8. The normalized spacial score (nSPS) is 14.4. The summed E-state index contributed by atoms with van der Waals surface area (Å²) >= 11 is 1.55. The number of likely N-dealkylation sites (tertiary alicyclic amines) is 1. The first-order valence-corrected chi connectivity index (χ1v) is 12.0. The third-order valence-electron chi connectivity index (χ3n) is 6.05. The third-order valence-corrected chi connectivity index (χ3v) is 6.98. The molecule has 33 heavy (non-hydrogen) atoms. The summed E-state index contributed by atoms with van der Waals surface area (Å²) in [5, 5.41) is 0.682. The van der Waals surface area contributed by atoms with Crippen LogP contribution in [0, 0.1) is 0 Å². The van der Waals surface area contributed by atoms with Gasteiger partial charge in [0.2, 0.25) is 5.91 Å². The summed E-state index contributed by atoms with van der Waals surface area (Å²) in [4.78, 5) is 19.4. The highest BCUT2D eigenvalue weighted by molar-refractivity contribution is 7.20. The number of piperidine rings is 1. The van der Waals surface area contributed by atoms with Gasteiger partial charge in [0.25, 0.3) is 5.19 Å². The van der Waals surface area contributed by atoms with Gasteiger partial charge in [-0.3, -0.25) is 4.79 Å². The fourth-order valence-electron chi connectivity index (χ4n) is 4.16. The number of fused-ring (bicyclic) bond motifs is 1. The van der Waals surface area contributed by atoms with E-state index in [-0.39, 0.29) is 12.0 Å². The maximum absolute atomic E-state index is 12.8. The lowest BCUT2D eigenvalue weighted by atomic mass is 10.0. The maximum Gasteiger partial charge on any atom is 0.274 e. The molecule has 2 heterocycles. The highest BCUT2D eigenvalue weighted by Gasteiger charge is 2.25. The van der Waals surface area contributed by atoms with Crippen molar-refractivity contribution in [3.8, 4) is 22.1 Å². The van der Waals surface area contributed by atoms with Crippen molar-refractivity contribution in [3.63, 3.8) is 0 Å². The lowest BCUT2D eigenvalue weighted by Gasteiger charge is -2.31. The molecule has 0 saturated carbocycles. The molecule has 0 bridgehead atoms.